The summed E-state index contributed by atoms with van der Waals surface area (Å²) in [5.41, 5.74) is 2.01. The van der Waals surface area contributed by atoms with Gasteiger partial charge in [-0.25, -0.2) is 4.98 Å². The van der Waals surface area contributed by atoms with Crippen LogP contribution in [-0.4, -0.2) is 63.9 Å². The Kier molecular flexibility index (Phi) is 4.46. The number of carbonyl (C=O) groups excluding carboxylic acids is 2. The first-order valence-corrected chi connectivity index (χ1v) is 8.94. The Balaban J connectivity index is 1.37. The number of para-hydroxylation sites is 1. The third-order valence-electron chi connectivity index (χ3n) is 5.24. The Morgan fingerprint density at radius 1 is 1.27 bits per heavy atom. The Labute approximate surface area is 152 Å². The van der Waals surface area contributed by atoms with E-state index in [0.717, 1.165) is 24.3 Å². The van der Waals surface area contributed by atoms with Crippen LogP contribution in [0.1, 0.15) is 12.0 Å². The maximum atomic E-state index is 12.6. The summed E-state index contributed by atoms with van der Waals surface area (Å²) in [5.74, 6) is -0.204. The molecule has 1 unspecified atom stereocenters. The first kappa shape index (κ1) is 16.8. The van der Waals surface area contributed by atoms with Crippen LogP contribution in [-0.2, 0) is 16.1 Å². The summed E-state index contributed by atoms with van der Waals surface area (Å²) >= 11 is 0. The largest absolute Gasteiger partial charge is 0.352 e. The highest BCUT2D eigenvalue weighted by molar-refractivity contribution is 5.89. The quantitative estimate of drug-likeness (QED) is 0.857. The van der Waals surface area contributed by atoms with Gasteiger partial charge in [-0.2, -0.15) is 0 Å². The van der Waals surface area contributed by atoms with E-state index in [0.29, 0.717) is 19.5 Å². The molecule has 2 amide bonds. The van der Waals surface area contributed by atoms with Gasteiger partial charge in [0.25, 0.3) is 0 Å². The smallest absolute Gasteiger partial charge is 0.225 e. The molecule has 0 radical (unpaired) electrons. The summed E-state index contributed by atoms with van der Waals surface area (Å²) in [6.45, 7) is 2.77. The second-order valence-corrected chi connectivity index (χ2v) is 7.14. The Morgan fingerprint density at radius 2 is 2.08 bits per heavy atom. The fraction of sp³-hybridized carbons (Fsp3) is 0.421. The van der Waals surface area contributed by atoms with E-state index in [1.165, 1.54) is 0 Å². The first-order chi connectivity index (χ1) is 12.6. The van der Waals surface area contributed by atoms with Crippen LogP contribution < -0.4 is 5.32 Å². The minimum Gasteiger partial charge on any atom is -0.352 e. The highest BCUT2D eigenvalue weighted by Crippen LogP contribution is 2.24. The number of nitrogens with one attached hydrogen (secondary N) is 1. The van der Waals surface area contributed by atoms with Crippen LogP contribution in [0, 0.1) is 5.92 Å². The molecule has 7 heteroatoms. The number of hydrogen-bond acceptors (Lipinski definition) is 4. The highest BCUT2D eigenvalue weighted by atomic mass is 16.2. The van der Waals surface area contributed by atoms with Crippen molar-refractivity contribution in [3.8, 4) is 5.69 Å². The molecule has 26 heavy (non-hydrogen) atoms. The van der Waals surface area contributed by atoms with Crippen molar-refractivity contribution in [1.29, 1.82) is 0 Å². The first-order valence-electron chi connectivity index (χ1n) is 8.94. The predicted octanol–water partition coefficient (Wildman–Crippen LogP) is 0.651. The lowest BCUT2D eigenvalue weighted by molar-refractivity contribution is -0.132. The molecule has 1 atom stereocenters. The van der Waals surface area contributed by atoms with Gasteiger partial charge in [0.15, 0.2) is 0 Å². The Morgan fingerprint density at radius 3 is 2.81 bits per heavy atom. The van der Waals surface area contributed by atoms with Gasteiger partial charge >= 0.3 is 0 Å². The maximum absolute atomic E-state index is 12.6. The number of aromatic nitrogens is 2. The minimum atomic E-state index is -0.256. The van der Waals surface area contributed by atoms with Gasteiger partial charge in [0.05, 0.1) is 24.0 Å². The summed E-state index contributed by atoms with van der Waals surface area (Å²) in [4.78, 5) is 32.9. The van der Waals surface area contributed by atoms with Gasteiger partial charge in [0, 0.05) is 45.0 Å². The summed E-state index contributed by atoms with van der Waals surface area (Å²) in [5, 5.41) is 3.01. The maximum Gasteiger partial charge on any atom is 0.225 e. The number of likely N-dealkylation sites (tertiary alicyclic amines) is 2. The number of likely N-dealkylation sites (N-methyl/N-ethyl adjacent to an activating group) is 1. The van der Waals surface area contributed by atoms with Crippen LogP contribution in [0.4, 0.5) is 0 Å². The van der Waals surface area contributed by atoms with Gasteiger partial charge in [-0.3, -0.25) is 9.59 Å². The molecule has 1 aromatic heterocycles. The lowest BCUT2D eigenvalue weighted by atomic mass is 10.1. The molecule has 0 aliphatic carbocycles. The van der Waals surface area contributed by atoms with E-state index in [4.69, 9.17) is 0 Å². The topological polar surface area (TPSA) is 70.5 Å². The van der Waals surface area contributed by atoms with Crippen LogP contribution in [0.3, 0.4) is 0 Å². The standard InChI is InChI=1S/C19H23N5O2/c1-22-11-16(12-22)24-10-15(8-18(24)25)19(26)21-9-14-4-2-3-5-17(14)23-7-6-20-13-23/h2-7,13,15-16H,8-12H2,1H3,(H,21,26). The van der Waals surface area contributed by atoms with E-state index in [9.17, 15) is 9.59 Å². The molecule has 0 spiro atoms. The minimum absolute atomic E-state index is 0.0473. The average molecular weight is 353 g/mol. The fourth-order valence-corrected chi connectivity index (χ4v) is 3.76. The number of rotatable bonds is 5. The molecule has 3 heterocycles. The van der Waals surface area contributed by atoms with E-state index in [-0.39, 0.29) is 23.8 Å². The summed E-state index contributed by atoms with van der Waals surface area (Å²) < 4.78 is 1.93. The average Bonchev–Trinajstić information content (AvgIpc) is 3.27. The highest BCUT2D eigenvalue weighted by Gasteiger charge is 2.41. The zero-order valence-corrected chi connectivity index (χ0v) is 14.8. The van der Waals surface area contributed by atoms with E-state index in [2.05, 4.69) is 15.2 Å². The van der Waals surface area contributed by atoms with Gasteiger partial charge in [-0.1, -0.05) is 18.2 Å². The van der Waals surface area contributed by atoms with Crippen molar-refractivity contribution in [2.75, 3.05) is 26.7 Å². The lowest BCUT2D eigenvalue weighted by Crippen LogP contribution is -2.58. The second-order valence-electron chi connectivity index (χ2n) is 7.14. The molecule has 2 aromatic rings. The molecular formula is C19H23N5O2. The Hall–Kier alpha value is -2.67. The number of benzene rings is 1. The normalized spacial score (nSPS) is 21.0. The molecule has 7 nitrogen and oxygen atoms in total. The monoisotopic (exact) mass is 353 g/mol. The molecule has 2 fully saturated rings. The van der Waals surface area contributed by atoms with Crippen molar-refractivity contribution < 1.29 is 9.59 Å². The van der Waals surface area contributed by atoms with Crippen molar-refractivity contribution in [2.24, 2.45) is 5.92 Å². The molecular weight excluding hydrogens is 330 g/mol. The van der Waals surface area contributed by atoms with Gasteiger partial charge in [0.1, 0.15) is 0 Å². The van der Waals surface area contributed by atoms with Crippen LogP contribution in [0.25, 0.3) is 5.69 Å². The molecule has 0 saturated carbocycles. The number of amides is 2. The molecule has 2 aliphatic rings. The molecule has 1 aromatic carbocycles. The molecule has 1 N–H and O–H groups in total. The van der Waals surface area contributed by atoms with E-state index < -0.39 is 0 Å². The van der Waals surface area contributed by atoms with Crippen molar-refractivity contribution in [3.63, 3.8) is 0 Å². The summed E-state index contributed by atoms with van der Waals surface area (Å²) in [7, 11) is 2.04. The van der Waals surface area contributed by atoms with Gasteiger partial charge in [-0.05, 0) is 18.7 Å². The van der Waals surface area contributed by atoms with Crippen molar-refractivity contribution >= 4 is 11.8 Å². The summed E-state index contributed by atoms with van der Waals surface area (Å²) in [6.07, 6.45) is 5.66. The van der Waals surface area contributed by atoms with Crippen molar-refractivity contribution in [1.82, 2.24) is 24.7 Å². The molecule has 136 valence electrons. The van der Waals surface area contributed by atoms with Gasteiger partial charge < -0.3 is 19.7 Å². The van der Waals surface area contributed by atoms with Crippen molar-refractivity contribution in [3.05, 3.63) is 48.5 Å². The number of nitrogens with zero attached hydrogens (tertiary/aromatic N) is 4. The molecule has 4 rings (SSSR count). The Bertz CT molecular complexity index is 798. The number of hydrogen-bond donors (Lipinski definition) is 1. The molecule has 2 saturated heterocycles. The lowest BCUT2D eigenvalue weighted by Gasteiger charge is -2.42. The predicted molar refractivity (Wildman–Crippen MR) is 96.5 cm³/mol. The third kappa shape index (κ3) is 3.22. The van der Waals surface area contributed by atoms with Crippen LogP contribution in [0.2, 0.25) is 0 Å². The van der Waals surface area contributed by atoms with E-state index >= 15 is 0 Å². The van der Waals surface area contributed by atoms with Crippen molar-refractivity contribution in [2.45, 2.75) is 19.0 Å². The third-order valence-corrected chi connectivity index (χ3v) is 5.24. The number of imidazole rings is 1. The van der Waals surface area contributed by atoms with E-state index in [1.54, 1.807) is 12.5 Å². The second kappa shape index (κ2) is 6.92. The molecule has 0 bridgehead atoms. The zero-order valence-electron chi connectivity index (χ0n) is 14.8. The zero-order chi connectivity index (χ0) is 18.1. The van der Waals surface area contributed by atoms with E-state index in [1.807, 2.05) is 47.0 Å². The van der Waals surface area contributed by atoms with Crippen LogP contribution in [0.5, 0.6) is 0 Å². The van der Waals surface area contributed by atoms with Gasteiger partial charge in [-0.15, -0.1) is 0 Å². The van der Waals surface area contributed by atoms with Crippen LogP contribution in [0.15, 0.2) is 43.0 Å². The summed E-state index contributed by atoms with van der Waals surface area (Å²) in [6, 6.07) is 8.18. The van der Waals surface area contributed by atoms with Crippen LogP contribution >= 0.6 is 0 Å². The van der Waals surface area contributed by atoms with Gasteiger partial charge in [0.2, 0.25) is 11.8 Å². The number of carbonyl (C=O) groups is 2. The molecule has 2 aliphatic heterocycles. The SMILES string of the molecule is CN1CC(N2CC(C(=O)NCc3ccccc3-n3ccnc3)CC2=O)C1. The fourth-order valence-electron chi connectivity index (χ4n) is 3.76.